The maximum atomic E-state index is 2.32. The van der Waals surface area contributed by atoms with Crippen molar-refractivity contribution >= 4 is 0 Å². The van der Waals surface area contributed by atoms with E-state index in [9.17, 15) is 0 Å². The van der Waals surface area contributed by atoms with Gasteiger partial charge >= 0.3 is 0 Å². The van der Waals surface area contributed by atoms with E-state index < -0.39 is 0 Å². The molecule has 1 unspecified atom stereocenters. The molecule has 0 nitrogen and oxygen atoms in total. The van der Waals surface area contributed by atoms with Crippen molar-refractivity contribution in [3.63, 3.8) is 0 Å². The minimum absolute atomic E-state index is 1.11. The monoisotopic (exact) mass is 236 g/mol. The molecule has 0 N–H and O–H groups in total. The van der Waals surface area contributed by atoms with Crippen LogP contribution in [0.2, 0.25) is 0 Å². The zero-order valence-corrected chi connectivity index (χ0v) is 11.9. The predicted molar refractivity (Wildman–Crippen MR) is 76.2 cm³/mol. The van der Waals surface area contributed by atoms with Crippen molar-refractivity contribution in [1.29, 1.82) is 0 Å². The van der Waals surface area contributed by atoms with Gasteiger partial charge in [-0.2, -0.15) is 0 Å². The normalized spacial score (nSPS) is 22.4. The van der Waals surface area contributed by atoms with Crippen molar-refractivity contribution in [2.24, 2.45) is 17.8 Å². The summed E-state index contributed by atoms with van der Waals surface area (Å²) in [6.45, 7) is 2.32. The highest BCUT2D eigenvalue weighted by Crippen LogP contribution is 2.42. The fourth-order valence-electron chi connectivity index (χ4n) is 3.46. The molecule has 100 valence electrons. The van der Waals surface area contributed by atoms with Gasteiger partial charge in [-0.3, -0.25) is 0 Å². The van der Waals surface area contributed by atoms with E-state index in [2.05, 4.69) is 6.92 Å². The van der Waals surface area contributed by atoms with E-state index in [1.807, 2.05) is 0 Å². The molecule has 0 aliphatic heterocycles. The van der Waals surface area contributed by atoms with Crippen molar-refractivity contribution in [1.82, 2.24) is 0 Å². The van der Waals surface area contributed by atoms with Gasteiger partial charge in [0.1, 0.15) is 0 Å². The average molecular weight is 236 g/mol. The van der Waals surface area contributed by atoms with E-state index in [1.165, 1.54) is 38.5 Å². The average Bonchev–Trinajstić information content (AvgIpc) is 3.08. The van der Waals surface area contributed by atoms with Gasteiger partial charge < -0.3 is 0 Å². The SMILES string of the molecule is CCCCCC(CCCCC1CCC1)C1CC1. The van der Waals surface area contributed by atoms with E-state index in [0.717, 1.165) is 17.8 Å². The number of hydrogen-bond acceptors (Lipinski definition) is 0. The fraction of sp³-hybridized carbons (Fsp3) is 1.00. The van der Waals surface area contributed by atoms with Gasteiger partial charge in [0.25, 0.3) is 0 Å². The van der Waals surface area contributed by atoms with Gasteiger partial charge in [0, 0.05) is 0 Å². The molecule has 0 saturated heterocycles. The van der Waals surface area contributed by atoms with Crippen molar-refractivity contribution < 1.29 is 0 Å². The summed E-state index contributed by atoms with van der Waals surface area (Å²) in [6, 6.07) is 0. The summed E-state index contributed by atoms with van der Waals surface area (Å²) in [5, 5.41) is 0. The van der Waals surface area contributed by atoms with Crippen LogP contribution in [0.25, 0.3) is 0 Å². The first-order valence-corrected chi connectivity index (χ1v) is 8.40. The molecule has 0 radical (unpaired) electrons. The summed E-state index contributed by atoms with van der Waals surface area (Å²) < 4.78 is 0. The topological polar surface area (TPSA) is 0 Å². The molecule has 1 atom stereocenters. The second-order valence-corrected chi connectivity index (χ2v) is 6.67. The first kappa shape index (κ1) is 13.4. The minimum Gasteiger partial charge on any atom is -0.0654 e. The van der Waals surface area contributed by atoms with E-state index in [4.69, 9.17) is 0 Å². The van der Waals surface area contributed by atoms with Crippen LogP contribution in [-0.4, -0.2) is 0 Å². The Balaban J connectivity index is 1.50. The lowest BCUT2D eigenvalue weighted by atomic mass is 9.81. The summed E-state index contributed by atoms with van der Waals surface area (Å²) in [5.41, 5.74) is 0. The Labute approximate surface area is 109 Å². The van der Waals surface area contributed by atoms with Gasteiger partial charge in [0.15, 0.2) is 0 Å². The zero-order chi connectivity index (χ0) is 11.9. The highest BCUT2D eigenvalue weighted by Gasteiger charge is 2.30. The molecule has 2 fully saturated rings. The van der Waals surface area contributed by atoms with Gasteiger partial charge in [-0.05, 0) is 30.6 Å². The largest absolute Gasteiger partial charge is 0.0654 e. The maximum absolute atomic E-state index is 2.32. The maximum Gasteiger partial charge on any atom is -0.0386 e. The molecule has 2 aliphatic rings. The summed E-state index contributed by atoms with van der Waals surface area (Å²) in [4.78, 5) is 0. The number of rotatable bonds is 10. The standard InChI is InChI=1S/C17H32/c1-2-3-4-11-16(17-13-14-17)12-6-5-8-15-9-7-10-15/h15-17H,2-14H2,1H3. The summed E-state index contributed by atoms with van der Waals surface area (Å²) in [5.74, 6) is 3.40. The lowest BCUT2D eigenvalue weighted by molar-refractivity contribution is 0.279. The zero-order valence-electron chi connectivity index (χ0n) is 11.9. The molecule has 0 aromatic heterocycles. The Morgan fingerprint density at radius 1 is 0.882 bits per heavy atom. The lowest BCUT2D eigenvalue weighted by Crippen LogP contribution is -2.10. The van der Waals surface area contributed by atoms with Gasteiger partial charge in [-0.1, -0.05) is 77.6 Å². The second kappa shape index (κ2) is 7.44. The molecule has 2 aliphatic carbocycles. The Kier molecular flexibility index (Phi) is 5.88. The molecule has 0 aromatic carbocycles. The molecule has 0 heterocycles. The highest BCUT2D eigenvalue weighted by molar-refractivity contribution is 4.81. The lowest BCUT2D eigenvalue weighted by Gasteiger charge is -2.25. The number of hydrogen-bond donors (Lipinski definition) is 0. The Morgan fingerprint density at radius 3 is 2.12 bits per heavy atom. The molecule has 2 rings (SSSR count). The Hall–Kier alpha value is 0. The molecular formula is C17H32. The van der Waals surface area contributed by atoms with Crippen molar-refractivity contribution in [2.75, 3.05) is 0 Å². The molecule has 0 amide bonds. The smallest absolute Gasteiger partial charge is 0.0386 e. The van der Waals surface area contributed by atoms with Gasteiger partial charge in [-0.25, -0.2) is 0 Å². The first-order valence-electron chi connectivity index (χ1n) is 8.40. The third-order valence-corrected chi connectivity index (χ3v) is 5.13. The summed E-state index contributed by atoms with van der Waals surface area (Å²) in [6.07, 6.45) is 19.8. The Bertz CT molecular complexity index is 188. The minimum atomic E-state index is 1.11. The second-order valence-electron chi connectivity index (χ2n) is 6.67. The third kappa shape index (κ3) is 5.02. The van der Waals surface area contributed by atoms with Gasteiger partial charge in [0.2, 0.25) is 0 Å². The molecule has 17 heavy (non-hydrogen) atoms. The van der Waals surface area contributed by atoms with E-state index >= 15 is 0 Å². The van der Waals surface area contributed by atoms with Crippen LogP contribution in [-0.2, 0) is 0 Å². The van der Waals surface area contributed by atoms with Crippen LogP contribution >= 0.6 is 0 Å². The quantitative estimate of drug-likeness (QED) is 0.411. The molecule has 0 bridgehead atoms. The molecular weight excluding hydrogens is 204 g/mol. The van der Waals surface area contributed by atoms with Crippen LogP contribution in [0.15, 0.2) is 0 Å². The van der Waals surface area contributed by atoms with Gasteiger partial charge in [0.05, 0.1) is 0 Å². The van der Waals surface area contributed by atoms with Crippen LogP contribution in [0, 0.1) is 17.8 Å². The van der Waals surface area contributed by atoms with E-state index in [0.29, 0.717) is 0 Å². The van der Waals surface area contributed by atoms with E-state index in [1.54, 1.807) is 44.9 Å². The third-order valence-electron chi connectivity index (χ3n) is 5.13. The summed E-state index contributed by atoms with van der Waals surface area (Å²) in [7, 11) is 0. The van der Waals surface area contributed by atoms with Crippen LogP contribution in [0.1, 0.15) is 90.4 Å². The first-order chi connectivity index (χ1) is 8.40. The van der Waals surface area contributed by atoms with Gasteiger partial charge in [-0.15, -0.1) is 0 Å². The molecule has 0 spiro atoms. The Morgan fingerprint density at radius 2 is 1.59 bits per heavy atom. The highest BCUT2D eigenvalue weighted by atomic mass is 14.4. The van der Waals surface area contributed by atoms with Crippen LogP contribution in [0.5, 0.6) is 0 Å². The number of unbranched alkanes of at least 4 members (excludes halogenated alkanes) is 3. The predicted octanol–water partition coefficient (Wildman–Crippen LogP) is 5.95. The van der Waals surface area contributed by atoms with E-state index in [-0.39, 0.29) is 0 Å². The van der Waals surface area contributed by atoms with Crippen molar-refractivity contribution in [3.05, 3.63) is 0 Å². The molecule has 2 saturated carbocycles. The molecule has 0 aromatic rings. The van der Waals surface area contributed by atoms with Crippen molar-refractivity contribution in [2.45, 2.75) is 90.4 Å². The van der Waals surface area contributed by atoms with Crippen LogP contribution in [0.4, 0.5) is 0 Å². The fourth-order valence-corrected chi connectivity index (χ4v) is 3.46. The molecule has 0 heteroatoms. The summed E-state index contributed by atoms with van der Waals surface area (Å²) >= 11 is 0. The van der Waals surface area contributed by atoms with Crippen LogP contribution < -0.4 is 0 Å². The van der Waals surface area contributed by atoms with Crippen molar-refractivity contribution in [3.8, 4) is 0 Å². The van der Waals surface area contributed by atoms with Crippen LogP contribution in [0.3, 0.4) is 0 Å².